The van der Waals surface area contributed by atoms with E-state index >= 15 is 0 Å². The summed E-state index contributed by atoms with van der Waals surface area (Å²) in [6, 6.07) is 22.0. The summed E-state index contributed by atoms with van der Waals surface area (Å²) < 4.78 is 13.5. The fraction of sp³-hybridized carbons (Fsp3) is 0.167. The summed E-state index contributed by atoms with van der Waals surface area (Å²) in [6.45, 7) is 1.94. The van der Waals surface area contributed by atoms with Crippen molar-refractivity contribution < 1.29 is 18.8 Å². The SMILES string of the molecule is Cc1ccc(N2C(=O)[C@H]3[C@@H](ON(c4ccccc4)[C@H]3c3ccc(F)cc3)C2=O)cc1. The molecule has 150 valence electrons. The second-order valence-corrected chi connectivity index (χ2v) is 7.56. The molecule has 0 unspecified atom stereocenters. The number of hydrogen-bond acceptors (Lipinski definition) is 4. The van der Waals surface area contributed by atoms with Gasteiger partial charge >= 0.3 is 0 Å². The largest absolute Gasteiger partial charge is 0.273 e. The lowest BCUT2D eigenvalue weighted by Crippen LogP contribution is -2.37. The predicted octanol–water partition coefficient (Wildman–Crippen LogP) is 4.19. The van der Waals surface area contributed by atoms with Gasteiger partial charge in [0.25, 0.3) is 5.91 Å². The fourth-order valence-electron chi connectivity index (χ4n) is 4.16. The molecule has 0 bridgehead atoms. The van der Waals surface area contributed by atoms with E-state index in [9.17, 15) is 14.0 Å². The van der Waals surface area contributed by atoms with Crippen molar-refractivity contribution in [1.29, 1.82) is 0 Å². The van der Waals surface area contributed by atoms with Crippen molar-refractivity contribution in [3.05, 3.63) is 95.8 Å². The van der Waals surface area contributed by atoms with Crippen LogP contribution in [0.25, 0.3) is 0 Å². The molecule has 6 heteroatoms. The molecule has 30 heavy (non-hydrogen) atoms. The average molecular weight is 402 g/mol. The molecule has 3 aromatic carbocycles. The van der Waals surface area contributed by atoms with Gasteiger partial charge < -0.3 is 0 Å². The van der Waals surface area contributed by atoms with Gasteiger partial charge in [0, 0.05) is 0 Å². The number of fused-ring (bicyclic) bond motifs is 1. The number of aryl methyl sites for hydroxylation is 1. The molecule has 2 amide bonds. The van der Waals surface area contributed by atoms with Crippen LogP contribution in [0.2, 0.25) is 0 Å². The number of benzene rings is 3. The first kappa shape index (κ1) is 18.5. The highest BCUT2D eigenvalue weighted by Crippen LogP contribution is 2.47. The lowest BCUT2D eigenvalue weighted by atomic mass is 9.90. The molecular formula is C24H19FN2O3. The van der Waals surface area contributed by atoms with Crippen LogP contribution in [0.1, 0.15) is 17.2 Å². The van der Waals surface area contributed by atoms with Crippen molar-refractivity contribution in [2.45, 2.75) is 19.1 Å². The number of hydroxylamine groups is 1. The number of hydrogen-bond donors (Lipinski definition) is 0. The predicted molar refractivity (Wildman–Crippen MR) is 110 cm³/mol. The van der Waals surface area contributed by atoms with Gasteiger partial charge in [0.2, 0.25) is 5.91 Å². The van der Waals surface area contributed by atoms with Gasteiger partial charge in [0.15, 0.2) is 6.10 Å². The van der Waals surface area contributed by atoms with E-state index in [1.165, 1.54) is 17.0 Å². The van der Waals surface area contributed by atoms with Gasteiger partial charge in [-0.1, -0.05) is 48.0 Å². The van der Waals surface area contributed by atoms with Crippen LogP contribution >= 0.6 is 0 Å². The number of nitrogens with zero attached hydrogens (tertiary/aromatic N) is 2. The van der Waals surface area contributed by atoms with Crippen molar-refractivity contribution >= 4 is 23.2 Å². The van der Waals surface area contributed by atoms with E-state index in [0.717, 1.165) is 11.3 Å². The van der Waals surface area contributed by atoms with Gasteiger partial charge in [-0.15, -0.1) is 0 Å². The molecule has 0 saturated carbocycles. The molecule has 2 fully saturated rings. The maximum absolute atomic E-state index is 13.5. The Bertz CT molecular complexity index is 1100. The minimum absolute atomic E-state index is 0.318. The zero-order chi connectivity index (χ0) is 20.8. The average Bonchev–Trinajstić information content (AvgIpc) is 3.27. The van der Waals surface area contributed by atoms with Gasteiger partial charge in [-0.25, -0.2) is 14.4 Å². The molecular weight excluding hydrogens is 383 g/mol. The molecule has 0 radical (unpaired) electrons. The molecule has 2 aliphatic heterocycles. The molecule has 2 saturated heterocycles. The molecule has 0 aromatic heterocycles. The van der Waals surface area contributed by atoms with Gasteiger partial charge in [-0.3, -0.25) is 14.4 Å². The smallest absolute Gasteiger partial charge is 0.266 e. The van der Waals surface area contributed by atoms with E-state index < -0.39 is 18.1 Å². The Morgan fingerprint density at radius 1 is 0.800 bits per heavy atom. The lowest BCUT2D eigenvalue weighted by Gasteiger charge is -2.28. The first-order valence-corrected chi connectivity index (χ1v) is 9.75. The van der Waals surface area contributed by atoms with E-state index in [2.05, 4.69) is 0 Å². The standard InChI is InChI=1S/C24H19FN2O3/c1-15-7-13-18(14-8-15)26-23(28)20-21(16-9-11-17(25)12-10-16)27(30-22(20)24(26)29)19-5-3-2-4-6-19/h2-14,20-22H,1H3/t20-,21+,22-/m1/s1. The van der Waals surface area contributed by atoms with E-state index in [-0.39, 0.29) is 17.6 Å². The van der Waals surface area contributed by atoms with E-state index in [0.29, 0.717) is 11.3 Å². The minimum Gasteiger partial charge on any atom is -0.273 e. The third kappa shape index (κ3) is 2.88. The van der Waals surface area contributed by atoms with E-state index in [1.807, 2.05) is 49.4 Å². The van der Waals surface area contributed by atoms with Crippen LogP contribution in [0.5, 0.6) is 0 Å². The Morgan fingerprint density at radius 2 is 1.47 bits per heavy atom. The Morgan fingerprint density at radius 3 is 2.13 bits per heavy atom. The van der Waals surface area contributed by atoms with Crippen LogP contribution in [0.15, 0.2) is 78.9 Å². The monoisotopic (exact) mass is 402 g/mol. The van der Waals surface area contributed by atoms with Crippen molar-refractivity contribution in [3.63, 3.8) is 0 Å². The van der Waals surface area contributed by atoms with Gasteiger partial charge in [0.1, 0.15) is 11.7 Å². The summed E-state index contributed by atoms with van der Waals surface area (Å²) in [4.78, 5) is 33.9. The Balaban J connectivity index is 1.58. The Labute approximate surface area is 173 Å². The molecule has 0 N–H and O–H groups in total. The summed E-state index contributed by atoms with van der Waals surface area (Å²) in [5, 5.41) is 1.60. The number of rotatable bonds is 3. The number of anilines is 2. The van der Waals surface area contributed by atoms with Crippen LogP contribution in [-0.4, -0.2) is 17.9 Å². The number of carbonyl (C=O) groups excluding carboxylic acids is 2. The lowest BCUT2D eigenvalue weighted by molar-refractivity contribution is -0.126. The number of carbonyl (C=O) groups is 2. The second kappa shape index (κ2) is 7.07. The molecule has 5 nitrogen and oxygen atoms in total. The third-order valence-electron chi connectivity index (χ3n) is 5.63. The molecule has 2 heterocycles. The maximum Gasteiger partial charge on any atom is 0.266 e. The third-order valence-corrected chi connectivity index (χ3v) is 5.63. The van der Waals surface area contributed by atoms with Crippen molar-refractivity contribution in [2.24, 2.45) is 5.92 Å². The first-order valence-electron chi connectivity index (χ1n) is 9.75. The molecule has 3 aromatic rings. The summed E-state index contributed by atoms with van der Waals surface area (Å²) in [7, 11) is 0. The molecule has 0 spiro atoms. The first-order chi connectivity index (χ1) is 14.5. The quantitative estimate of drug-likeness (QED) is 0.617. The highest BCUT2D eigenvalue weighted by atomic mass is 19.1. The summed E-state index contributed by atoms with van der Waals surface area (Å²) in [6.07, 6.45) is -0.936. The van der Waals surface area contributed by atoms with Gasteiger partial charge in [-0.05, 0) is 48.9 Å². The van der Waals surface area contributed by atoms with Gasteiger partial charge in [0.05, 0.1) is 17.4 Å². The zero-order valence-corrected chi connectivity index (χ0v) is 16.2. The van der Waals surface area contributed by atoms with Crippen LogP contribution in [0, 0.1) is 18.7 Å². The molecule has 5 rings (SSSR count). The van der Waals surface area contributed by atoms with Crippen LogP contribution in [0.4, 0.5) is 15.8 Å². The van der Waals surface area contributed by atoms with Crippen LogP contribution in [-0.2, 0) is 14.4 Å². The molecule has 2 aliphatic rings. The van der Waals surface area contributed by atoms with Crippen LogP contribution < -0.4 is 9.96 Å². The highest BCUT2D eigenvalue weighted by molar-refractivity contribution is 6.23. The van der Waals surface area contributed by atoms with Gasteiger partial charge in [-0.2, -0.15) is 0 Å². The number of para-hydroxylation sites is 1. The van der Waals surface area contributed by atoms with Crippen molar-refractivity contribution in [2.75, 3.05) is 9.96 Å². The van der Waals surface area contributed by atoms with Crippen LogP contribution in [0.3, 0.4) is 0 Å². The van der Waals surface area contributed by atoms with E-state index in [4.69, 9.17) is 4.84 Å². The number of imide groups is 1. The topological polar surface area (TPSA) is 49.9 Å². The maximum atomic E-state index is 13.5. The Hall–Kier alpha value is -3.51. The Kier molecular flexibility index (Phi) is 4.37. The summed E-state index contributed by atoms with van der Waals surface area (Å²) >= 11 is 0. The molecule has 0 aliphatic carbocycles. The summed E-state index contributed by atoms with van der Waals surface area (Å²) in [5.41, 5.74) is 3.00. The minimum atomic E-state index is -0.936. The normalized spacial score (nSPS) is 23.2. The fourth-order valence-corrected chi connectivity index (χ4v) is 4.16. The highest BCUT2D eigenvalue weighted by Gasteiger charge is 2.60. The second-order valence-electron chi connectivity index (χ2n) is 7.56. The zero-order valence-electron chi connectivity index (χ0n) is 16.2. The van der Waals surface area contributed by atoms with E-state index in [1.54, 1.807) is 29.3 Å². The molecule has 3 atom stereocenters. The number of halogens is 1. The number of amides is 2. The van der Waals surface area contributed by atoms with Crippen molar-refractivity contribution in [1.82, 2.24) is 0 Å². The summed E-state index contributed by atoms with van der Waals surface area (Å²) in [5.74, 6) is -1.80. The van der Waals surface area contributed by atoms with Crippen molar-refractivity contribution in [3.8, 4) is 0 Å².